The van der Waals surface area contributed by atoms with E-state index < -0.39 is 0 Å². The molecular formula is C24H29N3O5. The number of nitrogens with zero attached hydrogens (tertiary/aromatic N) is 3. The highest BCUT2D eigenvalue weighted by molar-refractivity contribution is 5.80. The highest BCUT2D eigenvalue weighted by atomic mass is 16.5. The molecule has 8 heteroatoms. The number of hydrogen-bond acceptors (Lipinski definition) is 7. The van der Waals surface area contributed by atoms with Crippen LogP contribution in [0.5, 0.6) is 17.2 Å². The Labute approximate surface area is 187 Å². The van der Waals surface area contributed by atoms with Crippen molar-refractivity contribution in [2.75, 3.05) is 54.2 Å². The lowest BCUT2D eigenvalue weighted by atomic mass is 9.91. The summed E-state index contributed by atoms with van der Waals surface area (Å²) >= 11 is 0. The summed E-state index contributed by atoms with van der Waals surface area (Å²) in [7, 11) is 4.92. The Kier molecular flexibility index (Phi) is 5.80. The van der Waals surface area contributed by atoms with E-state index in [1.165, 1.54) is 11.1 Å². The molecule has 3 heterocycles. The zero-order valence-corrected chi connectivity index (χ0v) is 18.8. The van der Waals surface area contributed by atoms with E-state index >= 15 is 0 Å². The topological polar surface area (TPSA) is 71.1 Å². The second kappa shape index (κ2) is 8.88. The third kappa shape index (κ3) is 3.63. The number of aryl methyl sites for hydroxylation is 1. The van der Waals surface area contributed by atoms with E-state index in [1.54, 1.807) is 21.3 Å². The maximum atomic E-state index is 5.65. The molecule has 0 unspecified atom stereocenters. The van der Waals surface area contributed by atoms with E-state index in [0.29, 0.717) is 17.2 Å². The molecule has 2 aromatic heterocycles. The van der Waals surface area contributed by atoms with Gasteiger partial charge in [0.2, 0.25) is 5.75 Å². The lowest BCUT2D eigenvalue weighted by Gasteiger charge is -2.27. The number of fused-ring (bicyclic) bond motifs is 3. The Hall–Kier alpha value is -2.97. The minimum Gasteiger partial charge on any atom is -0.493 e. The Morgan fingerprint density at radius 3 is 2.41 bits per heavy atom. The highest BCUT2D eigenvalue weighted by Crippen LogP contribution is 2.45. The second-order valence-corrected chi connectivity index (χ2v) is 8.11. The third-order valence-corrected chi connectivity index (χ3v) is 6.42. The molecule has 0 spiro atoms. The molecule has 0 saturated carbocycles. The van der Waals surface area contributed by atoms with Gasteiger partial charge in [-0.2, -0.15) is 0 Å². The number of benzene rings is 1. The van der Waals surface area contributed by atoms with E-state index in [4.69, 9.17) is 23.5 Å². The summed E-state index contributed by atoms with van der Waals surface area (Å²) in [5, 5.41) is 4.05. The van der Waals surface area contributed by atoms with Crippen LogP contribution in [0.1, 0.15) is 11.1 Å². The molecule has 0 amide bonds. The van der Waals surface area contributed by atoms with E-state index in [1.807, 2.05) is 18.3 Å². The van der Waals surface area contributed by atoms with Crippen LogP contribution in [-0.4, -0.2) is 68.8 Å². The molecule has 0 radical (unpaired) electrons. The summed E-state index contributed by atoms with van der Waals surface area (Å²) in [6.45, 7) is 5.34. The average Bonchev–Trinajstić information content (AvgIpc) is 3.46. The maximum Gasteiger partial charge on any atom is 0.203 e. The van der Waals surface area contributed by atoms with Gasteiger partial charge in [0, 0.05) is 49.1 Å². The van der Waals surface area contributed by atoms with Crippen LogP contribution in [0.2, 0.25) is 0 Å². The molecule has 1 fully saturated rings. The number of methoxy groups -OCH3 is 3. The molecule has 2 aliphatic rings. The predicted molar refractivity (Wildman–Crippen MR) is 120 cm³/mol. The molecule has 0 atom stereocenters. The average molecular weight is 440 g/mol. The molecule has 0 N–H and O–H groups in total. The third-order valence-electron chi connectivity index (χ3n) is 6.42. The van der Waals surface area contributed by atoms with E-state index in [2.05, 4.69) is 20.8 Å². The van der Waals surface area contributed by atoms with Crippen molar-refractivity contribution in [2.45, 2.75) is 19.4 Å². The minimum atomic E-state index is 0.594. The summed E-state index contributed by atoms with van der Waals surface area (Å²) in [6, 6.07) is 4.05. The Bertz CT molecular complexity index is 1070. The first kappa shape index (κ1) is 20.9. The van der Waals surface area contributed by atoms with Gasteiger partial charge < -0.3 is 28.0 Å². The molecule has 3 aromatic rings. The normalized spacial score (nSPS) is 15.8. The van der Waals surface area contributed by atoms with Gasteiger partial charge in [-0.3, -0.25) is 4.90 Å². The van der Waals surface area contributed by atoms with Crippen LogP contribution in [0.3, 0.4) is 0 Å². The first-order valence-electron chi connectivity index (χ1n) is 11.0. The minimum absolute atomic E-state index is 0.594. The van der Waals surface area contributed by atoms with E-state index in [0.717, 1.165) is 74.8 Å². The van der Waals surface area contributed by atoms with Crippen LogP contribution in [0.15, 0.2) is 29.0 Å². The molecular weight excluding hydrogens is 410 g/mol. The van der Waals surface area contributed by atoms with Gasteiger partial charge in [-0.1, -0.05) is 5.16 Å². The van der Waals surface area contributed by atoms with E-state index in [9.17, 15) is 0 Å². The van der Waals surface area contributed by atoms with Crippen LogP contribution in [0.25, 0.3) is 22.6 Å². The van der Waals surface area contributed by atoms with E-state index in [-0.39, 0.29) is 0 Å². The number of hydrogen-bond donors (Lipinski definition) is 0. The fraction of sp³-hybridized carbons (Fsp3) is 0.458. The number of ether oxygens (including phenoxy) is 4. The SMILES string of the molecule is COc1cc(-c2c3c(cn2CCN2CCOCC2)-c2oncc2CC3)cc(OC)c1OC. The number of aromatic nitrogens is 2. The van der Waals surface area contributed by atoms with Crippen LogP contribution in [0.4, 0.5) is 0 Å². The summed E-state index contributed by atoms with van der Waals surface area (Å²) in [6.07, 6.45) is 5.89. The molecule has 1 aliphatic carbocycles. The van der Waals surface area contributed by atoms with Crippen LogP contribution in [-0.2, 0) is 24.1 Å². The van der Waals surface area contributed by atoms with Gasteiger partial charge in [0.15, 0.2) is 17.3 Å². The molecule has 1 aromatic carbocycles. The molecule has 1 saturated heterocycles. The Balaban J connectivity index is 1.60. The van der Waals surface area contributed by atoms with Gasteiger partial charge in [0.05, 0.1) is 46.4 Å². The fourth-order valence-corrected chi connectivity index (χ4v) is 4.78. The number of rotatable bonds is 7. The first-order chi connectivity index (χ1) is 15.7. The summed E-state index contributed by atoms with van der Waals surface area (Å²) in [4.78, 5) is 2.45. The highest BCUT2D eigenvalue weighted by Gasteiger charge is 2.28. The van der Waals surface area contributed by atoms with Gasteiger partial charge in [-0.05, 0) is 30.5 Å². The first-order valence-corrected chi connectivity index (χ1v) is 11.0. The summed E-state index contributed by atoms with van der Waals surface area (Å²) < 4.78 is 30.3. The van der Waals surface area contributed by atoms with Gasteiger partial charge in [-0.15, -0.1) is 0 Å². The summed E-state index contributed by atoms with van der Waals surface area (Å²) in [5.74, 6) is 2.77. The maximum absolute atomic E-state index is 5.65. The number of morpholine rings is 1. The van der Waals surface area contributed by atoms with Crippen molar-refractivity contribution < 1.29 is 23.5 Å². The standard InChI is InChI=1S/C24H29N3O5/c1-28-20-12-17(13-21(29-2)24(20)30-3)22-18-5-4-16-14-25-32-23(16)19(18)15-27(22)7-6-26-8-10-31-11-9-26/h12-15H,4-11H2,1-3H3. The van der Waals surface area contributed by atoms with Crippen molar-refractivity contribution in [3.05, 3.63) is 35.7 Å². The monoisotopic (exact) mass is 439 g/mol. The Morgan fingerprint density at radius 2 is 1.72 bits per heavy atom. The zero-order chi connectivity index (χ0) is 22.1. The smallest absolute Gasteiger partial charge is 0.203 e. The van der Waals surface area contributed by atoms with Gasteiger partial charge in [-0.25, -0.2) is 0 Å². The quantitative estimate of drug-likeness (QED) is 0.560. The van der Waals surface area contributed by atoms with Crippen molar-refractivity contribution in [1.29, 1.82) is 0 Å². The summed E-state index contributed by atoms with van der Waals surface area (Å²) in [5.41, 5.74) is 5.75. The van der Waals surface area contributed by atoms with Crippen molar-refractivity contribution in [3.8, 4) is 39.8 Å². The molecule has 32 heavy (non-hydrogen) atoms. The second-order valence-electron chi connectivity index (χ2n) is 8.11. The van der Waals surface area contributed by atoms with Crippen molar-refractivity contribution in [1.82, 2.24) is 14.6 Å². The molecule has 5 rings (SSSR count). The van der Waals surface area contributed by atoms with Crippen LogP contribution >= 0.6 is 0 Å². The molecule has 1 aliphatic heterocycles. The van der Waals surface area contributed by atoms with Gasteiger partial charge in [0.1, 0.15) is 0 Å². The van der Waals surface area contributed by atoms with Crippen LogP contribution < -0.4 is 14.2 Å². The van der Waals surface area contributed by atoms with Crippen LogP contribution in [0, 0.1) is 0 Å². The largest absolute Gasteiger partial charge is 0.493 e. The van der Waals surface area contributed by atoms with Gasteiger partial charge in [0.25, 0.3) is 0 Å². The Morgan fingerprint density at radius 1 is 0.969 bits per heavy atom. The lowest BCUT2D eigenvalue weighted by Crippen LogP contribution is -2.38. The van der Waals surface area contributed by atoms with Crippen molar-refractivity contribution >= 4 is 0 Å². The van der Waals surface area contributed by atoms with Crippen molar-refractivity contribution in [3.63, 3.8) is 0 Å². The zero-order valence-electron chi connectivity index (χ0n) is 18.8. The van der Waals surface area contributed by atoms with Crippen molar-refractivity contribution in [2.24, 2.45) is 0 Å². The molecule has 8 nitrogen and oxygen atoms in total. The molecule has 170 valence electrons. The fourth-order valence-electron chi connectivity index (χ4n) is 4.78. The predicted octanol–water partition coefficient (Wildman–Crippen LogP) is 3.27. The lowest BCUT2D eigenvalue weighted by molar-refractivity contribution is 0.0364. The molecule has 0 bridgehead atoms. The van der Waals surface area contributed by atoms with Gasteiger partial charge >= 0.3 is 0 Å².